The Kier molecular flexibility index (Phi) is 3.37. The Morgan fingerprint density at radius 3 is 2.15 bits per heavy atom. The minimum absolute atomic E-state index is 0.493. The third-order valence-corrected chi connectivity index (χ3v) is 2.04. The van der Waals surface area contributed by atoms with Crippen molar-refractivity contribution in [1.82, 2.24) is 0 Å². The second kappa shape index (κ2) is 4.33. The van der Waals surface area contributed by atoms with Crippen LogP contribution >= 0.6 is 0 Å². The molecule has 0 bridgehead atoms. The van der Waals surface area contributed by atoms with E-state index in [1.54, 1.807) is 12.1 Å². The number of aryl methyl sites for hydroxylation is 1. The molecule has 1 atom stereocenters. The van der Waals surface area contributed by atoms with Crippen LogP contribution in [-0.2, 0) is 6.42 Å². The molecule has 2 N–H and O–H groups in total. The van der Waals surface area contributed by atoms with E-state index in [9.17, 15) is 8.78 Å². The average Bonchev–Trinajstić information content (AvgIpc) is 2.17. The van der Waals surface area contributed by atoms with Gasteiger partial charge in [-0.05, 0) is 17.5 Å². The lowest BCUT2D eigenvalue weighted by Crippen LogP contribution is -2.18. The summed E-state index contributed by atoms with van der Waals surface area (Å²) in [6.45, 7) is 2.02. The Hall–Kier alpha value is -0.960. The molecule has 1 nitrogen and oxygen atoms in total. The number of rotatable bonds is 3. The summed E-state index contributed by atoms with van der Waals surface area (Å²) in [5, 5.41) is 0. The smallest absolute Gasteiger partial charge is 0.257 e. The third kappa shape index (κ3) is 2.49. The summed E-state index contributed by atoms with van der Waals surface area (Å²) < 4.78 is 24.3. The zero-order valence-electron chi connectivity index (χ0n) is 7.50. The molecule has 1 unspecified atom stereocenters. The summed E-state index contributed by atoms with van der Waals surface area (Å²) in [5.74, 6) is 0. The Balaban J connectivity index is 2.79. The first kappa shape index (κ1) is 10.1. The zero-order valence-corrected chi connectivity index (χ0v) is 7.50. The molecule has 0 fully saturated rings. The number of halogens is 2. The van der Waals surface area contributed by atoms with Crippen molar-refractivity contribution in [3.8, 4) is 0 Å². The van der Waals surface area contributed by atoms with Gasteiger partial charge in [0, 0.05) is 0 Å². The van der Waals surface area contributed by atoms with Crippen molar-refractivity contribution in [3.63, 3.8) is 0 Å². The lowest BCUT2D eigenvalue weighted by Gasteiger charge is -2.10. The van der Waals surface area contributed by atoms with Crippen molar-refractivity contribution < 1.29 is 8.78 Å². The molecule has 0 aliphatic carbocycles. The molecule has 0 amide bonds. The molecule has 0 spiro atoms. The molecule has 1 aromatic carbocycles. The lowest BCUT2D eigenvalue weighted by atomic mass is 10.1. The first-order chi connectivity index (χ1) is 6.15. The van der Waals surface area contributed by atoms with Gasteiger partial charge in [0.25, 0.3) is 6.43 Å². The predicted molar refractivity (Wildman–Crippen MR) is 48.8 cm³/mol. The maximum atomic E-state index is 12.2. The van der Waals surface area contributed by atoms with Crippen molar-refractivity contribution in [2.24, 2.45) is 5.73 Å². The molecule has 1 aromatic rings. The average molecular weight is 185 g/mol. The van der Waals surface area contributed by atoms with Crippen molar-refractivity contribution >= 4 is 0 Å². The SMILES string of the molecule is CCc1ccc(C(N)C(F)F)cc1. The first-order valence-electron chi connectivity index (χ1n) is 4.27. The minimum Gasteiger partial charge on any atom is -0.319 e. The predicted octanol–water partition coefficient (Wildman–Crippen LogP) is 2.51. The third-order valence-electron chi connectivity index (χ3n) is 2.04. The van der Waals surface area contributed by atoms with Crippen LogP contribution in [0.15, 0.2) is 24.3 Å². The molecule has 13 heavy (non-hydrogen) atoms. The van der Waals surface area contributed by atoms with E-state index in [4.69, 9.17) is 5.73 Å². The van der Waals surface area contributed by atoms with Crippen LogP contribution in [0.2, 0.25) is 0 Å². The van der Waals surface area contributed by atoms with Gasteiger partial charge in [-0.2, -0.15) is 0 Å². The van der Waals surface area contributed by atoms with Gasteiger partial charge in [-0.15, -0.1) is 0 Å². The van der Waals surface area contributed by atoms with Gasteiger partial charge in [0.1, 0.15) is 0 Å². The highest BCUT2D eigenvalue weighted by Gasteiger charge is 2.16. The molecule has 72 valence electrons. The van der Waals surface area contributed by atoms with E-state index in [0.717, 1.165) is 12.0 Å². The highest BCUT2D eigenvalue weighted by atomic mass is 19.3. The van der Waals surface area contributed by atoms with Crippen molar-refractivity contribution in [3.05, 3.63) is 35.4 Å². The Labute approximate surface area is 76.6 Å². The van der Waals surface area contributed by atoms with Crippen LogP contribution in [0.1, 0.15) is 24.1 Å². The van der Waals surface area contributed by atoms with E-state index < -0.39 is 12.5 Å². The molecule has 0 aliphatic rings. The molecular weight excluding hydrogens is 172 g/mol. The van der Waals surface area contributed by atoms with Crippen LogP contribution in [-0.4, -0.2) is 6.43 Å². The van der Waals surface area contributed by atoms with Crippen molar-refractivity contribution in [2.45, 2.75) is 25.8 Å². The molecule has 1 rings (SSSR count). The van der Waals surface area contributed by atoms with Gasteiger partial charge in [-0.1, -0.05) is 31.2 Å². The summed E-state index contributed by atoms with van der Waals surface area (Å²) in [5.41, 5.74) is 6.90. The Bertz CT molecular complexity index is 256. The van der Waals surface area contributed by atoms with Crippen LogP contribution in [0.4, 0.5) is 8.78 Å². The molecule has 0 aliphatic heterocycles. The molecule has 0 saturated heterocycles. The van der Waals surface area contributed by atoms with Gasteiger partial charge in [-0.3, -0.25) is 0 Å². The van der Waals surface area contributed by atoms with E-state index in [0.29, 0.717) is 5.56 Å². The van der Waals surface area contributed by atoms with Gasteiger partial charge in [0.15, 0.2) is 0 Å². The van der Waals surface area contributed by atoms with Crippen molar-refractivity contribution in [1.29, 1.82) is 0 Å². The van der Waals surface area contributed by atoms with E-state index in [1.165, 1.54) is 0 Å². The van der Waals surface area contributed by atoms with Gasteiger partial charge >= 0.3 is 0 Å². The van der Waals surface area contributed by atoms with Crippen molar-refractivity contribution in [2.75, 3.05) is 0 Å². The molecule has 0 aromatic heterocycles. The van der Waals surface area contributed by atoms with Crippen LogP contribution in [0.25, 0.3) is 0 Å². The fourth-order valence-electron chi connectivity index (χ4n) is 1.12. The van der Waals surface area contributed by atoms with Crippen LogP contribution in [0.3, 0.4) is 0 Å². The molecule has 3 heteroatoms. The Morgan fingerprint density at radius 1 is 1.23 bits per heavy atom. The summed E-state index contributed by atoms with van der Waals surface area (Å²) in [4.78, 5) is 0. The molecule has 0 heterocycles. The van der Waals surface area contributed by atoms with Crippen LogP contribution in [0, 0.1) is 0 Å². The maximum Gasteiger partial charge on any atom is 0.257 e. The number of alkyl halides is 2. The second-order valence-corrected chi connectivity index (χ2v) is 2.96. The molecular formula is C10H13F2N. The summed E-state index contributed by atoms with van der Waals surface area (Å²) >= 11 is 0. The maximum absolute atomic E-state index is 12.2. The highest BCUT2D eigenvalue weighted by Crippen LogP contribution is 2.18. The summed E-state index contributed by atoms with van der Waals surface area (Å²) in [7, 11) is 0. The number of nitrogens with two attached hydrogens (primary N) is 1. The van der Waals surface area contributed by atoms with E-state index >= 15 is 0 Å². The Morgan fingerprint density at radius 2 is 1.77 bits per heavy atom. The fraction of sp³-hybridized carbons (Fsp3) is 0.400. The number of hydrogen-bond acceptors (Lipinski definition) is 1. The summed E-state index contributed by atoms with van der Waals surface area (Å²) in [6, 6.07) is 5.83. The van der Waals surface area contributed by atoms with Gasteiger partial charge in [0.05, 0.1) is 6.04 Å². The standard InChI is InChI=1S/C10H13F2N/c1-2-7-3-5-8(6-4-7)9(13)10(11)12/h3-6,9-10H,2,13H2,1H3. The van der Waals surface area contributed by atoms with Gasteiger partial charge in [0.2, 0.25) is 0 Å². The van der Waals surface area contributed by atoms with E-state index in [2.05, 4.69) is 0 Å². The summed E-state index contributed by atoms with van der Waals surface area (Å²) in [6.07, 6.45) is -1.59. The second-order valence-electron chi connectivity index (χ2n) is 2.96. The zero-order chi connectivity index (χ0) is 9.84. The highest BCUT2D eigenvalue weighted by molar-refractivity contribution is 5.25. The van der Waals surface area contributed by atoms with E-state index in [-0.39, 0.29) is 0 Å². The molecule has 0 saturated carbocycles. The largest absolute Gasteiger partial charge is 0.319 e. The fourth-order valence-corrected chi connectivity index (χ4v) is 1.12. The lowest BCUT2D eigenvalue weighted by molar-refractivity contribution is 0.116. The monoisotopic (exact) mass is 185 g/mol. The van der Waals surface area contributed by atoms with Crippen LogP contribution < -0.4 is 5.73 Å². The van der Waals surface area contributed by atoms with Crippen LogP contribution in [0.5, 0.6) is 0 Å². The normalized spacial score (nSPS) is 13.3. The molecule has 0 radical (unpaired) electrons. The minimum atomic E-state index is -2.49. The number of hydrogen-bond donors (Lipinski definition) is 1. The quantitative estimate of drug-likeness (QED) is 0.769. The van der Waals surface area contributed by atoms with Gasteiger partial charge in [-0.25, -0.2) is 8.78 Å². The topological polar surface area (TPSA) is 26.0 Å². The number of benzene rings is 1. The van der Waals surface area contributed by atoms with E-state index in [1.807, 2.05) is 19.1 Å². The first-order valence-corrected chi connectivity index (χ1v) is 4.27. The van der Waals surface area contributed by atoms with Gasteiger partial charge < -0.3 is 5.73 Å².